The quantitative estimate of drug-likeness (QED) is 0.248. The number of ether oxygens (including phenoxy) is 1. The van der Waals surface area contributed by atoms with Crippen LogP contribution in [0.2, 0.25) is 0 Å². The van der Waals surface area contributed by atoms with Crippen LogP contribution in [0.3, 0.4) is 0 Å². The topological polar surface area (TPSA) is 107 Å². The highest BCUT2D eigenvalue weighted by Crippen LogP contribution is 2.16. The number of hydrogen-bond donors (Lipinski definition) is 4. The first kappa shape index (κ1) is 24.3. The molecule has 0 amide bonds. The van der Waals surface area contributed by atoms with Crippen molar-refractivity contribution in [3.8, 4) is 0 Å². The van der Waals surface area contributed by atoms with Crippen molar-refractivity contribution < 1.29 is 30.0 Å². The predicted molar refractivity (Wildman–Crippen MR) is 97.1 cm³/mol. The highest BCUT2D eigenvalue weighted by molar-refractivity contribution is 5.68. The molecule has 4 atom stereocenters. The molecule has 0 aromatic rings. The molecule has 4 unspecified atom stereocenters. The van der Waals surface area contributed by atoms with Crippen LogP contribution in [0.1, 0.15) is 84.0 Å². The van der Waals surface area contributed by atoms with Crippen LogP contribution >= 0.6 is 0 Å². The van der Waals surface area contributed by atoms with Crippen LogP contribution in [-0.4, -0.2) is 57.9 Å². The molecule has 0 heterocycles. The molecule has 0 aliphatic rings. The number of carbonyl (C=O) groups is 1. The van der Waals surface area contributed by atoms with Gasteiger partial charge >= 0.3 is 5.97 Å². The lowest BCUT2D eigenvalue weighted by atomic mass is 9.96. The lowest BCUT2D eigenvalue weighted by Crippen LogP contribution is -2.35. The highest BCUT2D eigenvalue weighted by atomic mass is 16.5. The molecule has 0 spiro atoms. The van der Waals surface area contributed by atoms with Gasteiger partial charge in [0.2, 0.25) is 0 Å². The van der Waals surface area contributed by atoms with Crippen LogP contribution < -0.4 is 0 Å². The largest absolute Gasteiger partial charge is 0.469 e. The van der Waals surface area contributed by atoms with Crippen LogP contribution in [0.5, 0.6) is 0 Å². The molecule has 4 N–H and O–H groups in total. The van der Waals surface area contributed by atoms with Gasteiger partial charge in [0.05, 0.1) is 31.5 Å². The molecular weight excluding hydrogens is 324 g/mol. The van der Waals surface area contributed by atoms with Gasteiger partial charge in [0.25, 0.3) is 0 Å². The van der Waals surface area contributed by atoms with Gasteiger partial charge in [-0.3, -0.25) is 4.79 Å². The Bertz CT molecular complexity index is 323. The molecule has 0 aromatic heterocycles. The van der Waals surface area contributed by atoms with Gasteiger partial charge in [0.1, 0.15) is 0 Å². The molecule has 150 valence electrons. The first-order valence-corrected chi connectivity index (χ1v) is 9.71. The van der Waals surface area contributed by atoms with E-state index in [-0.39, 0.29) is 12.4 Å². The van der Waals surface area contributed by atoms with E-state index in [1.807, 2.05) is 0 Å². The maximum absolute atomic E-state index is 11.0. The van der Waals surface area contributed by atoms with Gasteiger partial charge in [0, 0.05) is 12.8 Å². The molecule has 0 saturated carbocycles. The summed E-state index contributed by atoms with van der Waals surface area (Å²) in [5, 5.41) is 39.7. The standard InChI is InChI=1S/C19H38O6/c1-3-4-8-11-15(20)17(22)14-18(23)16(21)12-9-6-5-7-10-13-19(24)25-2/h15-18,20-23H,3-14H2,1-2H3. The first-order valence-electron chi connectivity index (χ1n) is 9.71. The van der Waals surface area contributed by atoms with Crippen LogP contribution in [0.15, 0.2) is 0 Å². The number of hydrogen-bond acceptors (Lipinski definition) is 6. The Morgan fingerprint density at radius 3 is 1.76 bits per heavy atom. The summed E-state index contributed by atoms with van der Waals surface area (Å²) >= 11 is 0. The lowest BCUT2D eigenvalue weighted by molar-refractivity contribution is -0.140. The Morgan fingerprint density at radius 1 is 0.760 bits per heavy atom. The van der Waals surface area contributed by atoms with Gasteiger partial charge in [-0.25, -0.2) is 0 Å². The highest BCUT2D eigenvalue weighted by Gasteiger charge is 2.24. The first-order chi connectivity index (χ1) is 11.9. The smallest absolute Gasteiger partial charge is 0.305 e. The molecule has 6 heteroatoms. The number of unbranched alkanes of at least 4 members (excludes halogenated alkanes) is 6. The molecule has 0 rings (SSSR count). The third-order valence-corrected chi connectivity index (χ3v) is 4.58. The molecule has 0 saturated heterocycles. The summed E-state index contributed by atoms with van der Waals surface area (Å²) in [6, 6.07) is 0. The van der Waals surface area contributed by atoms with Crippen molar-refractivity contribution in [3.63, 3.8) is 0 Å². The second kappa shape index (κ2) is 15.6. The van der Waals surface area contributed by atoms with E-state index < -0.39 is 24.4 Å². The van der Waals surface area contributed by atoms with E-state index in [0.29, 0.717) is 19.3 Å². The number of rotatable bonds is 16. The van der Waals surface area contributed by atoms with E-state index in [0.717, 1.165) is 51.4 Å². The summed E-state index contributed by atoms with van der Waals surface area (Å²) < 4.78 is 4.57. The van der Waals surface area contributed by atoms with Crippen molar-refractivity contribution in [2.75, 3.05) is 7.11 Å². The Hall–Kier alpha value is -0.690. The number of carbonyl (C=O) groups excluding carboxylic acids is 1. The third kappa shape index (κ3) is 13.2. The number of aliphatic hydroxyl groups is 4. The van der Waals surface area contributed by atoms with E-state index in [9.17, 15) is 25.2 Å². The zero-order valence-corrected chi connectivity index (χ0v) is 15.9. The maximum Gasteiger partial charge on any atom is 0.305 e. The van der Waals surface area contributed by atoms with Gasteiger partial charge in [-0.1, -0.05) is 51.9 Å². The average Bonchev–Trinajstić information content (AvgIpc) is 2.60. The minimum absolute atomic E-state index is 0.00636. The molecule has 6 nitrogen and oxygen atoms in total. The monoisotopic (exact) mass is 362 g/mol. The SMILES string of the molecule is CCCCCC(O)C(O)CC(O)C(O)CCCCCCCC(=O)OC. The van der Waals surface area contributed by atoms with Gasteiger partial charge in [0.15, 0.2) is 0 Å². The second-order valence-corrected chi connectivity index (χ2v) is 6.88. The fourth-order valence-electron chi connectivity index (χ4n) is 2.81. The predicted octanol–water partition coefficient (Wildman–Crippen LogP) is 2.30. The molecule has 25 heavy (non-hydrogen) atoms. The summed E-state index contributed by atoms with van der Waals surface area (Å²) in [4.78, 5) is 11.0. The molecular formula is C19H38O6. The molecule has 0 aromatic carbocycles. The summed E-state index contributed by atoms with van der Waals surface area (Å²) in [6.45, 7) is 2.07. The molecule has 0 fully saturated rings. The Labute approximate surface area is 152 Å². The van der Waals surface area contributed by atoms with Crippen molar-refractivity contribution in [1.82, 2.24) is 0 Å². The Morgan fingerprint density at radius 2 is 1.24 bits per heavy atom. The fourth-order valence-corrected chi connectivity index (χ4v) is 2.81. The summed E-state index contributed by atoms with van der Waals surface area (Å²) in [5.74, 6) is -0.186. The minimum atomic E-state index is -1.02. The number of methoxy groups -OCH3 is 1. The van der Waals surface area contributed by atoms with E-state index in [1.165, 1.54) is 7.11 Å². The molecule has 0 aliphatic heterocycles. The minimum Gasteiger partial charge on any atom is -0.469 e. The van der Waals surface area contributed by atoms with Crippen LogP contribution in [0.25, 0.3) is 0 Å². The zero-order valence-electron chi connectivity index (χ0n) is 15.9. The van der Waals surface area contributed by atoms with Crippen LogP contribution in [-0.2, 0) is 9.53 Å². The summed E-state index contributed by atoms with van der Waals surface area (Å²) in [7, 11) is 1.39. The Kier molecular flexibility index (Phi) is 15.1. The van der Waals surface area contributed by atoms with Gasteiger partial charge < -0.3 is 25.2 Å². The normalized spacial score (nSPS) is 16.2. The van der Waals surface area contributed by atoms with Crippen molar-refractivity contribution >= 4 is 5.97 Å². The fraction of sp³-hybridized carbons (Fsp3) is 0.947. The van der Waals surface area contributed by atoms with Crippen LogP contribution in [0.4, 0.5) is 0 Å². The molecule has 0 aliphatic carbocycles. The van der Waals surface area contributed by atoms with Gasteiger partial charge in [-0.2, -0.15) is 0 Å². The number of esters is 1. The van der Waals surface area contributed by atoms with Gasteiger partial charge in [-0.15, -0.1) is 0 Å². The van der Waals surface area contributed by atoms with E-state index in [4.69, 9.17) is 0 Å². The average molecular weight is 363 g/mol. The van der Waals surface area contributed by atoms with Crippen molar-refractivity contribution in [2.45, 2.75) is 108 Å². The zero-order chi connectivity index (χ0) is 19.1. The lowest BCUT2D eigenvalue weighted by Gasteiger charge is -2.23. The van der Waals surface area contributed by atoms with Crippen LogP contribution in [0, 0.1) is 0 Å². The summed E-state index contributed by atoms with van der Waals surface area (Å²) in [5.41, 5.74) is 0. The molecule has 0 radical (unpaired) electrons. The van der Waals surface area contributed by atoms with Crippen molar-refractivity contribution in [3.05, 3.63) is 0 Å². The summed E-state index contributed by atoms with van der Waals surface area (Å²) in [6.07, 6.45) is 5.01. The number of aliphatic hydroxyl groups excluding tert-OH is 4. The van der Waals surface area contributed by atoms with E-state index in [1.54, 1.807) is 0 Å². The molecule has 0 bridgehead atoms. The Balaban J connectivity index is 3.73. The van der Waals surface area contributed by atoms with Gasteiger partial charge in [-0.05, 0) is 19.3 Å². The maximum atomic E-state index is 11.0. The van der Waals surface area contributed by atoms with E-state index in [2.05, 4.69) is 11.7 Å². The van der Waals surface area contributed by atoms with Crippen molar-refractivity contribution in [1.29, 1.82) is 0 Å². The third-order valence-electron chi connectivity index (χ3n) is 4.58. The van der Waals surface area contributed by atoms with E-state index >= 15 is 0 Å². The van der Waals surface area contributed by atoms with Crippen molar-refractivity contribution in [2.24, 2.45) is 0 Å². The second-order valence-electron chi connectivity index (χ2n) is 6.88.